The van der Waals surface area contributed by atoms with Gasteiger partial charge in [0, 0.05) is 6.07 Å². The topological polar surface area (TPSA) is 63.9 Å². The lowest BCUT2D eigenvalue weighted by atomic mass is 10.2. The summed E-state index contributed by atoms with van der Waals surface area (Å²) >= 11 is 1.66. The zero-order valence-electron chi connectivity index (χ0n) is 9.23. The van der Waals surface area contributed by atoms with E-state index in [-0.39, 0.29) is 0 Å². The van der Waals surface area contributed by atoms with E-state index in [9.17, 15) is 0 Å². The van der Waals surface area contributed by atoms with Gasteiger partial charge in [-0.05, 0) is 17.5 Å². The van der Waals surface area contributed by atoms with Crippen LogP contribution in [0.4, 0.5) is 5.82 Å². The van der Waals surface area contributed by atoms with Crippen LogP contribution in [0.2, 0.25) is 0 Å². The van der Waals surface area contributed by atoms with Crippen LogP contribution < -0.4 is 10.5 Å². The summed E-state index contributed by atoms with van der Waals surface area (Å²) in [6.45, 7) is 0. The predicted molar refractivity (Wildman–Crippen MR) is 70.4 cm³/mol. The Morgan fingerprint density at radius 1 is 1.35 bits per heavy atom. The Morgan fingerprint density at radius 3 is 2.94 bits per heavy atom. The molecule has 2 heterocycles. The number of benzene rings is 1. The molecule has 0 unspecified atom stereocenters. The van der Waals surface area contributed by atoms with Crippen LogP contribution in [-0.2, 0) is 0 Å². The van der Waals surface area contributed by atoms with E-state index in [1.165, 1.54) is 0 Å². The normalized spacial score (nSPS) is 10.9. The number of ether oxygens (including phenoxy) is 1. The molecule has 0 atom stereocenters. The lowest BCUT2D eigenvalue weighted by Crippen LogP contribution is -1.81. The van der Waals surface area contributed by atoms with E-state index >= 15 is 0 Å². The summed E-state index contributed by atoms with van der Waals surface area (Å²) in [5, 5.41) is 8.01. The Labute approximate surface area is 102 Å². The van der Waals surface area contributed by atoms with Crippen molar-refractivity contribution < 1.29 is 4.74 Å². The first-order valence-corrected chi connectivity index (χ1v) is 5.97. The highest BCUT2D eigenvalue weighted by Crippen LogP contribution is 2.37. The maximum absolute atomic E-state index is 5.60. The van der Waals surface area contributed by atoms with Crippen LogP contribution in [0.3, 0.4) is 0 Å². The third kappa shape index (κ3) is 1.64. The van der Waals surface area contributed by atoms with Gasteiger partial charge in [0.05, 0.1) is 22.4 Å². The minimum atomic E-state index is 0.504. The Bertz CT molecular complexity index is 671. The van der Waals surface area contributed by atoms with Crippen LogP contribution in [0.1, 0.15) is 0 Å². The third-order valence-electron chi connectivity index (χ3n) is 2.59. The van der Waals surface area contributed by atoms with Crippen molar-refractivity contribution in [2.24, 2.45) is 0 Å². The van der Waals surface area contributed by atoms with E-state index in [2.05, 4.69) is 22.3 Å². The van der Waals surface area contributed by atoms with Crippen molar-refractivity contribution in [3.8, 4) is 16.3 Å². The summed E-state index contributed by atoms with van der Waals surface area (Å²) in [5.74, 6) is 1.40. The Morgan fingerprint density at radius 2 is 2.24 bits per heavy atom. The van der Waals surface area contributed by atoms with Gasteiger partial charge in [0.1, 0.15) is 11.6 Å². The number of hydrogen-bond acceptors (Lipinski definition) is 4. The molecule has 5 heteroatoms. The highest BCUT2D eigenvalue weighted by molar-refractivity contribution is 7.22. The molecular formula is C12H11N3OS. The van der Waals surface area contributed by atoms with E-state index in [1.807, 2.05) is 18.2 Å². The minimum absolute atomic E-state index is 0.504. The lowest BCUT2D eigenvalue weighted by Gasteiger charge is -1.98. The summed E-state index contributed by atoms with van der Waals surface area (Å²) in [6, 6.07) is 9.95. The predicted octanol–water partition coefficient (Wildman–Crippen LogP) is 2.88. The second-order valence-corrected chi connectivity index (χ2v) is 4.75. The van der Waals surface area contributed by atoms with Gasteiger partial charge in [0.15, 0.2) is 0 Å². The molecule has 3 rings (SSSR count). The van der Waals surface area contributed by atoms with Gasteiger partial charge in [0.25, 0.3) is 0 Å². The zero-order valence-corrected chi connectivity index (χ0v) is 10.0. The SMILES string of the molecule is COc1cccc2cc(-c3cc(N)n[nH]3)sc12. The van der Waals surface area contributed by atoms with Crippen LogP contribution in [0.15, 0.2) is 30.3 Å². The van der Waals surface area contributed by atoms with Gasteiger partial charge in [-0.2, -0.15) is 5.10 Å². The van der Waals surface area contributed by atoms with Crippen LogP contribution >= 0.6 is 11.3 Å². The molecule has 0 saturated carbocycles. The molecular weight excluding hydrogens is 234 g/mol. The van der Waals surface area contributed by atoms with Gasteiger partial charge in [-0.3, -0.25) is 5.10 Å². The highest BCUT2D eigenvalue weighted by Gasteiger charge is 2.09. The number of nitrogens with one attached hydrogen (secondary N) is 1. The Hall–Kier alpha value is -2.01. The number of rotatable bonds is 2. The molecule has 17 heavy (non-hydrogen) atoms. The van der Waals surface area contributed by atoms with Crippen LogP contribution in [0.5, 0.6) is 5.75 Å². The maximum atomic E-state index is 5.60. The molecule has 86 valence electrons. The Kier molecular flexibility index (Phi) is 2.26. The van der Waals surface area contributed by atoms with Gasteiger partial charge in [0.2, 0.25) is 0 Å². The quantitative estimate of drug-likeness (QED) is 0.729. The molecule has 0 spiro atoms. The number of anilines is 1. The van der Waals surface area contributed by atoms with E-state index in [0.717, 1.165) is 26.4 Å². The van der Waals surface area contributed by atoms with Crippen molar-refractivity contribution in [2.75, 3.05) is 12.8 Å². The van der Waals surface area contributed by atoms with E-state index in [0.29, 0.717) is 5.82 Å². The number of nitrogen functional groups attached to an aromatic ring is 1. The number of hydrogen-bond donors (Lipinski definition) is 2. The number of H-pyrrole nitrogens is 1. The molecule has 2 aromatic heterocycles. The summed E-state index contributed by atoms with van der Waals surface area (Å²) in [7, 11) is 1.68. The van der Waals surface area contributed by atoms with Crippen LogP contribution in [-0.4, -0.2) is 17.3 Å². The lowest BCUT2D eigenvalue weighted by molar-refractivity contribution is 0.420. The van der Waals surface area contributed by atoms with Crippen LogP contribution in [0, 0.1) is 0 Å². The highest BCUT2D eigenvalue weighted by atomic mass is 32.1. The smallest absolute Gasteiger partial charge is 0.145 e. The summed E-state index contributed by atoms with van der Waals surface area (Å²) in [6.07, 6.45) is 0. The maximum Gasteiger partial charge on any atom is 0.145 e. The van der Waals surface area contributed by atoms with Gasteiger partial charge in [-0.15, -0.1) is 11.3 Å². The summed E-state index contributed by atoms with van der Waals surface area (Å²) in [4.78, 5) is 1.11. The molecule has 0 aliphatic rings. The number of nitrogens with two attached hydrogens (primary N) is 1. The number of aromatic nitrogens is 2. The van der Waals surface area contributed by atoms with Gasteiger partial charge >= 0.3 is 0 Å². The first-order valence-electron chi connectivity index (χ1n) is 5.16. The molecule has 0 bridgehead atoms. The van der Waals surface area contributed by atoms with Crippen molar-refractivity contribution >= 4 is 27.2 Å². The molecule has 0 saturated heterocycles. The van der Waals surface area contributed by atoms with E-state index in [4.69, 9.17) is 10.5 Å². The zero-order chi connectivity index (χ0) is 11.8. The molecule has 1 aromatic carbocycles. The molecule has 0 radical (unpaired) electrons. The van der Waals surface area contributed by atoms with E-state index in [1.54, 1.807) is 18.4 Å². The van der Waals surface area contributed by atoms with Crippen molar-refractivity contribution in [1.29, 1.82) is 0 Å². The van der Waals surface area contributed by atoms with Crippen LogP contribution in [0.25, 0.3) is 20.7 Å². The van der Waals surface area contributed by atoms with Crippen molar-refractivity contribution in [1.82, 2.24) is 10.2 Å². The molecule has 4 nitrogen and oxygen atoms in total. The van der Waals surface area contributed by atoms with Crippen molar-refractivity contribution in [3.63, 3.8) is 0 Å². The number of fused-ring (bicyclic) bond motifs is 1. The van der Waals surface area contributed by atoms with Gasteiger partial charge < -0.3 is 10.5 Å². The third-order valence-corrected chi connectivity index (χ3v) is 3.79. The minimum Gasteiger partial charge on any atom is -0.495 e. The average molecular weight is 245 g/mol. The summed E-state index contributed by atoms with van der Waals surface area (Å²) < 4.78 is 6.48. The molecule has 0 fully saturated rings. The number of nitrogens with zero attached hydrogens (tertiary/aromatic N) is 1. The van der Waals surface area contributed by atoms with E-state index < -0.39 is 0 Å². The fourth-order valence-corrected chi connectivity index (χ4v) is 2.91. The first-order chi connectivity index (χ1) is 8.28. The molecule has 0 aliphatic carbocycles. The fourth-order valence-electron chi connectivity index (χ4n) is 1.79. The molecule has 3 N–H and O–H groups in total. The standard InChI is InChI=1S/C12H11N3OS/c1-16-9-4-2-3-7-5-10(17-12(7)9)8-6-11(13)15-14-8/h2-6H,1H3,(H3,13,14,15). The number of thiophene rings is 1. The largest absolute Gasteiger partial charge is 0.495 e. The molecule has 0 amide bonds. The van der Waals surface area contributed by atoms with Crippen molar-refractivity contribution in [3.05, 3.63) is 30.3 Å². The monoisotopic (exact) mass is 245 g/mol. The number of aromatic amines is 1. The molecule has 0 aliphatic heterocycles. The average Bonchev–Trinajstić information content (AvgIpc) is 2.93. The fraction of sp³-hybridized carbons (Fsp3) is 0.0833. The van der Waals surface area contributed by atoms with Crippen molar-refractivity contribution in [2.45, 2.75) is 0 Å². The second-order valence-electron chi connectivity index (χ2n) is 3.70. The molecule has 3 aromatic rings. The summed E-state index contributed by atoms with van der Waals surface area (Å²) in [5.41, 5.74) is 6.54. The Balaban J connectivity index is 2.19. The second kappa shape index (κ2) is 3.78. The van der Waals surface area contributed by atoms with Gasteiger partial charge in [-0.1, -0.05) is 12.1 Å². The first kappa shape index (κ1) is 10.2. The van der Waals surface area contributed by atoms with Gasteiger partial charge in [-0.25, -0.2) is 0 Å². The number of methoxy groups -OCH3 is 1.